The highest BCUT2D eigenvalue weighted by Crippen LogP contribution is 2.35. The van der Waals surface area contributed by atoms with E-state index >= 15 is 0 Å². The van der Waals surface area contributed by atoms with Gasteiger partial charge in [0.15, 0.2) is 6.10 Å². The number of sulfonamides is 1. The van der Waals surface area contributed by atoms with Gasteiger partial charge in [-0.3, -0.25) is 9.10 Å². The maximum atomic E-state index is 13.0. The van der Waals surface area contributed by atoms with Crippen molar-refractivity contribution in [2.75, 3.05) is 23.7 Å². The molecule has 1 aliphatic rings. The van der Waals surface area contributed by atoms with Gasteiger partial charge in [0.2, 0.25) is 10.0 Å². The van der Waals surface area contributed by atoms with Gasteiger partial charge in [0.1, 0.15) is 11.5 Å². The van der Waals surface area contributed by atoms with E-state index in [-0.39, 0.29) is 24.2 Å². The highest BCUT2D eigenvalue weighted by molar-refractivity contribution is 7.92. The van der Waals surface area contributed by atoms with Gasteiger partial charge in [0.25, 0.3) is 5.91 Å². The predicted molar refractivity (Wildman–Crippen MR) is 117 cm³/mol. The smallest absolute Gasteiger partial charge is 0.263 e. The van der Waals surface area contributed by atoms with Crippen molar-refractivity contribution >= 4 is 21.6 Å². The molecule has 0 unspecified atom stereocenters. The third-order valence-electron chi connectivity index (χ3n) is 5.27. The Labute approximate surface area is 178 Å². The second-order valence-corrected chi connectivity index (χ2v) is 9.39. The first kappa shape index (κ1) is 22.0. The summed E-state index contributed by atoms with van der Waals surface area (Å²) in [7, 11) is -1.92. The molecule has 0 saturated heterocycles. The summed E-state index contributed by atoms with van der Waals surface area (Å²) in [5.41, 5.74) is 2.39. The zero-order chi connectivity index (χ0) is 21.9. The van der Waals surface area contributed by atoms with Crippen molar-refractivity contribution in [3.63, 3.8) is 0 Å². The van der Waals surface area contributed by atoms with Crippen molar-refractivity contribution in [3.05, 3.63) is 53.6 Å². The molecule has 0 saturated carbocycles. The summed E-state index contributed by atoms with van der Waals surface area (Å²) < 4.78 is 37.7. The van der Waals surface area contributed by atoms with Gasteiger partial charge in [-0.05, 0) is 49.6 Å². The van der Waals surface area contributed by atoms with Crippen LogP contribution in [0.25, 0.3) is 0 Å². The fourth-order valence-corrected chi connectivity index (χ4v) is 4.69. The van der Waals surface area contributed by atoms with Gasteiger partial charge in [-0.15, -0.1) is 0 Å². The van der Waals surface area contributed by atoms with Gasteiger partial charge in [0, 0.05) is 0 Å². The van der Waals surface area contributed by atoms with Crippen LogP contribution in [0, 0.1) is 6.92 Å². The number of hydrogen-bond donors (Lipinski definition) is 1. The molecule has 0 fully saturated rings. The molecular weight excluding hydrogens is 404 g/mol. The van der Waals surface area contributed by atoms with Gasteiger partial charge in [-0.25, -0.2) is 8.42 Å². The molecule has 3 rings (SSSR count). The number of carbonyl (C=O) groups is 1. The Morgan fingerprint density at radius 2 is 2.00 bits per heavy atom. The molecule has 2 aromatic rings. The minimum Gasteiger partial charge on any atom is -0.496 e. The number of hydrogen-bond acceptors (Lipinski definition) is 5. The van der Waals surface area contributed by atoms with E-state index in [1.807, 2.05) is 32.0 Å². The Morgan fingerprint density at radius 3 is 2.63 bits per heavy atom. The Hall–Kier alpha value is -2.74. The number of ether oxygens (including phenoxy) is 2. The molecule has 1 amide bonds. The summed E-state index contributed by atoms with van der Waals surface area (Å²) in [6.07, 6.45) is -0.257. The molecule has 7 nitrogen and oxygen atoms in total. The Bertz CT molecular complexity index is 1020. The number of para-hydroxylation sites is 2. The van der Waals surface area contributed by atoms with Crippen LogP contribution in [0.1, 0.15) is 37.4 Å². The maximum Gasteiger partial charge on any atom is 0.263 e. The molecule has 0 spiro atoms. The zero-order valence-electron chi connectivity index (χ0n) is 17.7. The number of anilines is 1. The topological polar surface area (TPSA) is 84.9 Å². The number of aryl methyl sites for hydroxylation is 1. The van der Waals surface area contributed by atoms with Crippen LogP contribution in [-0.4, -0.2) is 39.8 Å². The molecule has 162 valence electrons. The van der Waals surface area contributed by atoms with Crippen LogP contribution in [0.5, 0.6) is 11.5 Å². The molecule has 1 aliphatic heterocycles. The summed E-state index contributed by atoms with van der Waals surface area (Å²) in [6.45, 7) is 5.46. The van der Waals surface area contributed by atoms with Crippen LogP contribution in [0.4, 0.5) is 5.69 Å². The van der Waals surface area contributed by atoms with Crippen LogP contribution < -0.4 is 19.1 Å². The van der Waals surface area contributed by atoms with Crippen molar-refractivity contribution in [2.24, 2.45) is 0 Å². The molecule has 0 aliphatic carbocycles. The third kappa shape index (κ3) is 4.38. The molecule has 0 bridgehead atoms. The van der Waals surface area contributed by atoms with Crippen molar-refractivity contribution in [3.8, 4) is 11.5 Å². The zero-order valence-corrected chi connectivity index (χ0v) is 18.5. The highest BCUT2D eigenvalue weighted by Gasteiger charge is 2.36. The van der Waals surface area contributed by atoms with Crippen molar-refractivity contribution < 1.29 is 22.7 Å². The van der Waals surface area contributed by atoms with Crippen LogP contribution in [0.2, 0.25) is 0 Å². The van der Waals surface area contributed by atoms with Crippen LogP contribution in [0.3, 0.4) is 0 Å². The lowest BCUT2D eigenvalue weighted by atomic mass is 10.0. The normalized spacial score (nSPS) is 16.9. The lowest BCUT2D eigenvalue weighted by molar-refractivity contribution is -0.128. The molecule has 2 atom stereocenters. The van der Waals surface area contributed by atoms with E-state index in [0.29, 0.717) is 17.9 Å². The first-order valence-corrected chi connectivity index (χ1v) is 11.6. The van der Waals surface area contributed by atoms with Gasteiger partial charge in [-0.1, -0.05) is 31.2 Å². The van der Waals surface area contributed by atoms with E-state index in [4.69, 9.17) is 9.47 Å². The minimum atomic E-state index is -3.54. The summed E-state index contributed by atoms with van der Waals surface area (Å²) in [5, 5.41) is 3.01. The third-order valence-corrected chi connectivity index (χ3v) is 7.02. The molecule has 8 heteroatoms. The summed E-state index contributed by atoms with van der Waals surface area (Å²) in [5.74, 6) is 0.765. The second kappa shape index (κ2) is 8.95. The molecule has 1 N–H and O–H groups in total. The van der Waals surface area contributed by atoms with Crippen LogP contribution >= 0.6 is 0 Å². The van der Waals surface area contributed by atoms with Gasteiger partial charge >= 0.3 is 0 Å². The molecule has 0 radical (unpaired) electrons. The minimum absolute atomic E-state index is 0.0572. The molecule has 2 aromatic carbocycles. The summed E-state index contributed by atoms with van der Waals surface area (Å²) in [4.78, 5) is 13.0. The Kier molecular flexibility index (Phi) is 6.55. The first-order chi connectivity index (χ1) is 14.3. The van der Waals surface area contributed by atoms with Crippen molar-refractivity contribution in [1.82, 2.24) is 5.32 Å². The lowest BCUT2D eigenvalue weighted by Crippen LogP contribution is -2.51. The van der Waals surface area contributed by atoms with Crippen molar-refractivity contribution in [2.45, 2.75) is 39.3 Å². The molecule has 30 heavy (non-hydrogen) atoms. The number of nitrogens with one attached hydrogen (secondary N) is 1. The first-order valence-electron chi connectivity index (χ1n) is 10.0. The van der Waals surface area contributed by atoms with E-state index in [9.17, 15) is 13.2 Å². The number of fused-ring (bicyclic) bond motifs is 1. The van der Waals surface area contributed by atoms with Crippen molar-refractivity contribution in [1.29, 1.82) is 0 Å². The predicted octanol–water partition coefficient (Wildman–Crippen LogP) is 3.19. The highest BCUT2D eigenvalue weighted by atomic mass is 32.2. The van der Waals surface area contributed by atoms with E-state index in [0.717, 1.165) is 16.9 Å². The number of benzene rings is 2. The maximum absolute atomic E-state index is 13.0. The number of nitrogens with zero attached hydrogens (tertiary/aromatic N) is 1. The average Bonchev–Trinajstić information content (AvgIpc) is 2.76. The SMILES string of the molecule is CC[C@@H](NC(=O)[C@H]1CN(S(=O)(=O)CC)c2ccccc2O1)c1ccc(OC)c(C)c1. The monoisotopic (exact) mass is 432 g/mol. The number of amides is 1. The van der Waals surface area contributed by atoms with Crippen LogP contribution in [-0.2, 0) is 14.8 Å². The van der Waals surface area contributed by atoms with Gasteiger partial charge in [-0.2, -0.15) is 0 Å². The van der Waals surface area contributed by atoms with Gasteiger partial charge < -0.3 is 14.8 Å². The Balaban J connectivity index is 1.83. The summed E-state index contributed by atoms with van der Waals surface area (Å²) >= 11 is 0. The molecular formula is C22H28N2O5S. The van der Waals surface area contributed by atoms with Crippen LogP contribution in [0.15, 0.2) is 42.5 Å². The largest absolute Gasteiger partial charge is 0.496 e. The van der Waals surface area contributed by atoms with E-state index in [2.05, 4.69) is 5.32 Å². The van der Waals surface area contributed by atoms with Gasteiger partial charge in [0.05, 0.1) is 31.1 Å². The summed E-state index contributed by atoms with van der Waals surface area (Å²) in [6, 6.07) is 12.4. The van der Waals surface area contributed by atoms with E-state index < -0.39 is 16.1 Å². The number of rotatable bonds is 7. The lowest BCUT2D eigenvalue weighted by Gasteiger charge is -2.35. The number of carbonyl (C=O) groups excluding carboxylic acids is 1. The molecule has 1 heterocycles. The fourth-order valence-electron chi connectivity index (χ4n) is 3.56. The second-order valence-electron chi connectivity index (χ2n) is 7.20. The standard InChI is InChI=1S/C22H28N2O5S/c1-5-17(16-11-12-19(28-4)15(3)13-16)23-22(25)21-14-24(30(26,27)6-2)18-9-7-8-10-20(18)29-21/h7-13,17,21H,5-6,14H2,1-4H3,(H,23,25)/t17-,21-/m1/s1. The molecule has 0 aromatic heterocycles. The average molecular weight is 433 g/mol. The Morgan fingerprint density at radius 1 is 1.27 bits per heavy atom. The van der Waals surface area contributed by atoms with E-state index in [1.165, 1.54) is 4.31 Å². The quantitative estimate of drug-likeness (QED) is 0.726. The fraction of sp³-hybridized carbons (Fsp3) is 0.409. The van der Waals surface area contributed by atoms with E-state index in [1.54, 1.807) is 38.3 Å². The number of methoxy groups -OCH3 is 1.